The molecule has 5 nitrogen and oxygen atoms in total. The van der Waals surface area contributed by atoms with E-state index in [0.717, 1.165) is 22.3 Å². The molecule has 2 unspecified atom stereocenters. The Morgan fingerprint density at radius 1 is 0.500 bits per heavy atom. The van der Waals surface area contributed by atoms with Crippen molar-refractivity contribution in [1.82, 2.24) is 0 Å². The van der Waals surface area contributed by atoms with Gasteiger partial charge in [-0.25, -0.2) is 0 Å². The maximum Gasteiger partial charge on any atom is 0.134 e. The van der Waals surface area contributed by atoms with Gasteiger partial charge in [-0.1, -0.05) is 121 Å². The minimum Gasteiger partial charge on any atom is -0.374 e. The molecule has 4 atom stereocenters. The summed E-state index contributed by atoms with van der Waals surface area (Å²) in [6, 6.07) is 40.2. The van der Waals surface area contributed by atoms with Crippen LogP contribution in [0.1, 0.15) is 22.3 Å². The van der Waals surface area contributed by atoms with E-state index in [0.29, 0.717) is 38.1 Å². The molecule has 0 amide bonds. The fourth-order valence-corrected chi connectivity index (χ4v) is 5.08. The van der Waals surface area contributed by atoms with Crippen LogP contribution >= 0.6 is 12.6 Å². The molecular formula is C34H35NO4S. The standard InChI is InChI=1S/C34H35NO4S/c40-34-33(39-24-29-19-11-4-12-20-29)32(38-23-28-17-9-3-10-18-28)31(37-22-27-15-7-2-8-16-27)30(35-34)25-36-21-26-13-5-1-6-14-26/h1-20,30-33H,21-25H2,(H,35,40)/t30?,31-,32?,33-/m0/s1. The number of hydrogen-bond acceptors (Lipinski definition) is 5. The number of rotatable bonds is 13. The van der Waals surface area contributed by atoms with Crippen molar-refractivity contribution in [3.05, 3.63) is 144 Å². The van der Waals surface area contributed by atoms with Crippen molar-refractivity contribution in [2.75, 3.05) is 6.61 Å². The van der Waals surface area contributed by atoms with Crippen molar-refractivity contribution >= 4 is 17.7 Å². The van der Waals surface area contributed by atoms with Crippen molar-refractivity contribution in [2.24, 2.45) is 4.99 Å². The molecule has 4 aromatic rings. The van der Waals surface area contributed by atoms with E-state index in [4.69, 9.17) is 36.6 Å². The van der Waals surface area contributed by atoms with Gasteiger partial charge in [0.05, 0.1) is 38.1 Å². The number of hydrogen-bond donors (Lipinski definition) is 1. The fourth-order valence-electron chi connectivity index (χ4n) is 4.71. The Morgan fingerprint density at radius 2 is 0.900 bits per heavy atom. The van der Waals surface area contributed by atoms with Gasteiger partial charge in [0.15, 0.2) is 0 Å². The zero-order valence-electron chi connectivity index (χ0n) is 22.4. The van der Waals surface area contributed by atoms with Gasteiger partial charge in [0.2, 0.25) is 0 Å². The number of aliphatic imine (C=N–C) groups is 1. The summed E-state index contributed by atoms with van der Waals surface area (Å²) in [5.74, 6) is 0. The molecular weight excluding hydrogens is 518 g/mol. The molecule has 0 bridgehead atoms. The predicted molar refractivity (Wildman–Crippen MR) is 161 cm³/mol. The molecule has 1 heterocycles. The van der Waals surface area contributed by atoms with Crippen molar-refractivity contribution in [1.29, 1.82) is 0 Å². The second kappa shape index (κ2) is 14.9. The summed E-state index contributed by atoms with van der Waals surface area (Å²) in [5, 5.41) is 0.585. The third-order valence-electron chi connectivity index (χ3n) is 6.80. The first-order chi connectivity index (χ1) is 19.8. The highest BCUT2D eigenvalue weighted by Gasteiger charge is 2.43. The molecule has 5 rings (SSSR count). The van der Waals surface area contributed by atoms with Crippen LogP contribution < -0.4 is 0 Å². The fraction of sp³-hybridized carbons (Fsp3) is 0.265. The Morgan fingerprint density at radius 3 is 1.38 bits per heavy atom. The summed E-state index contributed by atoms with van der Waals surface area (Å²) in [5.41, 5.74) is 4.33. The molecule has 0 aromatic heterocycles. The third kappa shape index (κ3) is 8.13. The highest BCUT2D eigenvalue weighted by atomic mass is 32.1. The van der Waals surface area contributed by atoms with E-state index in [1.165, 1.54) is 0 Å². The summed E-state index contributed by atoms with van der Waals surface area (Å²) < 4.78 is 25.8. The first-order valence-electron chi connectivity index (χ1n) is 13.6. The Kier molecular flexibility index (Phi) is 10.6. The van der Waals surface area contributed by atoms with Crippen LogP contribution in [0.3, 0.4) is 0 Å². The van der Waals surface area contributed by atoms with Crippen LogP contribution in [-0.4, -0.2) is 36.0 Å². The monoisotopic (exact) mass is 553 g/mol. The Hall–Kier alpha value is -3.26. The molecule has 1 aliphatic rings. The number of benzene rings is 4. The van der Waals surface area contributed by atoms with Crippen LogP contribution in [0.4, 0.5) is 0 Å². The Bertz CT molecular complexity index is 1310. The lowest BCUT2D eigenvalue weighted by molar-refractivity contribution is -0.149. The van der Waals surface area contributed by atoms with Crippen molar-refractivity contribution in [3.63, 3.8) is 0 Å². The first kappa shape index (κ1) is 28.3. The molecule has 1 aliphatic heterocycles. The maximum atomic E-state index is 6.60. The molecule has 6 heteroatoms. The van der Waals surface area contributed by atoms with Crippen molar-refractivity contribution in [2.45, 2.75) is 50.8 Å². The second-order valence-corrected chi connectivity index (χ2v) is 10.3. The molecule has 0 aliphatic carbocycles. The topological polar surface area (TPSA) is 49.3 Å². The molecule has 0 fully saturated rings. The Balaban J connectivity index is 1.38. The summed E-state index contributed by atoms with van der Waals surface area (Å²) in [4.78, 5) is 4.93. The average Bonchev–Trinajstić information content (AvgIpc) is 3.01. The van der Waals surface area contributed by atoms with E-state index in [1.807, 2.05) is 84.9 Å². The summed E-state index contributed by atoms with van der Waals surface area (Å²) >= 11 is 4.81. The highest BCUT2D eigenvalue weighted by Crippen LogP contribution is 2.28. The predicted octanol–water partition coefficient (Wildman–Crippen LogP) is 6.67. The van der Waals surface area contributed by atoms with E-state index in [1.54, 1.807) is 0 Å². The SMILES string of the molecule is SC1=NC(COCc2ccccc2)[C@H](OCc2ccccc2)C(OCc2ccccc2)[C@@H]1OCc1ccccc1. The quantitative estimate of drug-likeness (QED) is 0.188. The lowest BCUT2D eigenvalue weighted by atomic mass is 9.97. The molecule has 206 valence electrons. The zero-order chi connectivity index (χ0) is 27.4. The van der Waals surface area contributed by atoms with Gasteiger partial charge >= 0.3 is 0 Å². The number of thiol groups is 1. The van der Waals surface area contributed by atoms with Crippen molar-refractivity contribution in [3.8, 4) is 0 Å². The van der Waals surface area contributed by atoms with Crippen LogP contribution in [0.15, 0.2) is 126 Å². The molecule has 0 radical (unpaired) electrons. The van der Waals surface area contributed by atoms with Crippen LogP contribution in [0.2, 0.25) is 0 Å². The van der Waals surface area contributed by atoms with E-state index in [2.05, 4.69) is 36.4 Å². The first-order valence-corrected chi connectivity index (χ1v) is 14.1. The lowest BCUT2D eigenvalue weighted by Gasteiger charge is -2.40. The van der Waals surface area contributed by atoms with Crippen LogP contribution in [-0.2, 0) is 45.4 Å². The normalized spacial score (nSPS) is 20.7. The number of ether oxygens (including phenoxy) is 4. The lowest BCUT2D eigenvalue weighted by Crippen LogP contribution is -2.55. The van der Waals surface area contributed by atoms with Crippen LogP contribution in [0.5, 0.6) is 0 Å². The van der Waals surface area contributed by atoms with Gasteiger partial charge in [-0.3, -0.25) is 4.99 Å². The van der Waals surface area contributed by atoms with E-state index < -0.39 is 18.3 Å². The molecule has 40 heavy (non-hydrogen) atoms. The minimum atomic E-state index is -0.488. The van der Waals surface area contributed by atoms with Gasteiger partial charge in [-0.05, 0) is 22.3 Å². The van der Waals surface area contributed by atoms with Gasteiger partial charge in [0, 0.05) is 0 Å². The Labute approximate surface area is 242 Å². The van der Waals surface area contributed by atoms with Crippen LogP contribution in [0, 0.1) is 0 Å². The van der Waals surface area contributed by atoms with Gasteiger partial charge in [0.1, 0.15) is 24.4 Å². The van der Waals surface area contributed by atoms with Gasteiger partial charge in [0.25, 0.3) is 0 Å². The van der Waals surface area contributed by atoms with Gasteiger partial charge in [-0.2, -0.15) is 0 Å². The second-order valence-electron chi connectivity index (χ2n) is 9.80. The highest BCUT2D eigenvalue weighted by molar-refractivity contribution is 7.97. The van der Waals surface area contributed by atoms with Gasteiger partial charge in [-0.15, -0.1) is 12.6 Å². The van der Waals surface area contributed by atoms with E-state index in [9.17, 15) is 0 Å². The zero-order valence-corrected chi connectivity index (χ0v) is 23.3. The summed E-state index contributed by atoms with van der Waals surface area (Å²) in [6.45, 7) is 2.12. The minimum absolute atomic E-state index is 0.308. The van der Waals surface area contributed by atoms with Crippen molar-refractivity contribution < 1.29 is 18.9 Å². The smallest absolute Gasteiger partial charge is 0.134 e. The molecule has 0 spiro atoms. The summed E-state index contributed by atoms with van der Waals surface area (Å²) in [7, 11) is 0. The summed E-state index contributed by atoms with van der Waals surface area (Å²) in [6.07, 6.45) is -1.34. The molecule has 0 saturated heterocycles. The maximum absolute atomic E-state index is 6.60. The van der Waals surface area contributed by atoms with Crippen LogP contribution in [0.25, 0.3) is 0 Å². The van der Waals surface area contributed by atoms with E-state index in [-0.39, 0.29) is 6.04 Å². The van der Waals surface area contributed by atoms with Gasteiger partial charge < -0.3 is 18.9 Å². The molecule has 0 saturated carbocycles. The number of nitrogens with zero attached hydrogens (tertiary/aromatic N) is 1. The van der Waals surface area contributed by atoms with E-state index >= 15 is 0 Å². The molecule has 4 aromatic carbocycles. The third-order valence-corrected chi connectivity index (χ3v) is 7.17. The molecule has 0 N–H and O–H groups in total. The largest absolute Gasteiger partial charge is 0.374 e. The average molecular weight is 554 g/mol.